The van der Waals surface area contributed by atoms with E-state index < -0.39 is 11.9 Å². The number of aldehydes is 1. The van der Waals surface area contributed by atoms with Crippen molar-refractivity contribution >= 4 is 12.3 Å². The Morgan fingerprint density at radius 1 is 1.30 bits per heavy atom. The molecule has 1 fully saturated rings. The lowest BCUT2D eigenvalue weighted by Gasteiger charge is -2.24. The van der Waals surface area contributed by atoms with Crippen LogP contribution in [0.5, 0.6) is 11.5 Å². The second-order valence-electron chi connectivity index (χ2n) is 4.95. The molecule has 3 rings (SSSR count). The maximum Gasteiger partial charge on any atom is 0.307 e. The van der Waals surface area contributed by atoms with Gasteiger partial charge in [0, 0.05) is 18.2 Å². The summed E-state index contributed by atoms with van der Waals surface area (Å²) < 4.78 is 11.2. The van der Waals surface area contributed by atoms with Gasteiger partial charge in [0.2, 0.25) is 0 Å². The lowest BCUT2D eigenvalue weighted by molar-refractivity contribution is -0.141. The van der Waals surface area contributed by atoms with Gasteiger partial charge in [0.1, 0.15) is 13.2 Å². The number of carbonyl (C=O) groups excluding carboxylic acids is 1. The Hall–Kier alpha value is -2.08. The molecule has 0 amide bonds. The minimum atomic E-state index is -0.796. The predicted octanol–water partition coefficient (Wildman–Crippen LogP) is 1.01. The third-order valence-electron chi connectivity index (χ3n) is 3.73. The SMILES string of the molecule is O=Cc1ccc(C2CC(C(=O)O)CN2)c2c1OCCO2. The largest absolute Gasteiger partial charge is 0.486 e. The highest BCUT2D eigenvalue weighted by Gasteiger charge is 2.33. The van der Waals surface area contributed by atoms with E-state index in [1.807, 2.05) is 0 Å². The monoisotopic (exact) mass is 277 g/mol. The van der Waals surface area contributed by atoms with Gasteiger partial charge in [-0.15, -0.1) is 0 Å². The fraction of sp³-hybridized carbons (Fsp3) is 0.429. The molecular formula is C14H15NO5. The van der Waals surface area contributed by atoms with Crippen molar-refractivity contribution in [3.8, 4) is 11.5 Å². The first-order valence-corrected chi connectivity index (χ1v) is 6.54. The van der Waals surface area contributed by atoms with Crippen LogP contribution in [0.25, 0.3) is 0 Å². The molecule has 6 heteroatoms. The van der Waals surface area contributed by atoms with E-state index in [0.29, 0.717) is 43.2 Å². The first-order valence-electron chi connectivity index (χ1n) is 6.54. The first-order chi connectivity index (χ1) is 9.70. The maximum absolute atomic E-state index is 11.0. The molecule has 0 aliphatic carbocycles. The van der Waals surface area contributed by atoms with E-state index in [1.54, 1.807) is 12.1 Å². The first kappa shape index (κ1) is 12.9. The fourth-order valence-electron chi connectivity index (χ4n) is 2.71. The van der Waals surface area contributed by atoms with Crippen LogP contribution in [0.2, 0.25) is 0 Å². The third kappa shape index (κ3) is 2.12. The molecule has 1 aromatic carbocycles. The zero-order chi connectivity index (χ0) is 14.1. The van der Waals surface area contributed by atoms with E-state index in [-0.39, 0.29) is 6.04 Å². The summed E-state index contributed by atoms with van der Waals surface area (Å²) in [4.78, 5) is 22.0. The van der Waals surface area contributed by atoms with Crippen molar-refractivity contribution in [2.75, 3.05) is 19.8 Å². The van der Waals surface area contributed by atoms with Gasteiger partial charge in [0.15, 0.2) is 17.8 Å². The highest BCUT2D eigenvalue weighted by Crippen LogP contribution is 2.42. The summed E-state index contributed by atoms with van der Waals surface area (Å²) >= 11 is 0. The Bertz CT molecular complexity index is 557. The Balaban J connectivity index is 1.94. The van der Waals surface area contributed by atoms with Crippen molar-refractivity contribution in [1.29, 1.82) is 0 Å². The molecule has 2 atom stereocenters. The summed E-state index contributed by atoms with van der Waals surface area (Å²) in [5.41, 5.74) is 1.31. The normalized spacial score (nSPS) is 24.4. The van der Waals surface area contributed by atoms with Crippen LogP contribution < -0.4 is 14.8 Å². The minimum absolute atomic E-state index is 0.0905. The number of fused-ring (bicyclic) bond motifs is 1. The van der Waals surface area contributed by atoms with Gasteiger partial charge >= 0.3 is 5.97 Å². The highest BCUT2D eigenvalue weighted by atomic mass is 16.6. The summed E-state index contributed by atoms with van der Waals surface area (Å²) in [6, 6.07) is 3.40. The molecule has 1 aromatic rings. The van der Waals surface area contributed by atoms with Crippen LogP contribution in [0.1, 0.15) is 28.4 Å². The molecule has 2 unspecified atom stereocenters. The molecule has 2 aliphatic rings. The number of hydrogen-bond donors (Lipinski definition) is 2. The Kier molecular flexibility index (Phi) is 3.31. The summed E-state index contributed by atoms with van der Waals surface area (Å²) in [7, 11) is 0. The molecule has 2 N–H and O–H groups in total. The lowest BCUT2D eigenvalue weighted by atomic mass is 9.97. The molecule has 0 aromatic heterocycles. The van der Waals surface area contributed by atoms with Gasteiger partial charge in [-0.2, -0.15) is 0 Å². The molecule has 0 saturated carbocycles. The van der Waals surface area contributed by atoms with E-state index in [9.17, 15) is 9.59 Å². The number of carboxylic acids is 1. The molecular weight excluding hydrogens is 262 g/mol. The number of aliphatic carboxylic acids is 1. The molecule has 2 aliphatic heterocycles. The number of hydrogen-bond acceptors (Lipinski definition) is 5. The van der Waals surface area contributed by atoms with Crippen molar-refractivity contribution in [1.82, 2.24) is 5.32 Å². The van der Waals surface area contributed by atoms with Gasteiger partial charge in [-0.25, -0.2) is 0 Å². The zero-order valence-electron chi connectivity index (χ0n) is 10.8. The number of carbonyl (C=O) groups is 2. The van der Waals surface area contributed by atoms with Crippen molar-refractivity contribution < 1.29 is 24.2 Å². The van der Waals surface area contributed by atoms with Crippen LogP contribution >= 0.6 is 0 Å². The summed E-state index contributed by atoms with van der Waals surface area (Å²) in [5, 5.41) is 12.2. The summed E-state index contributed by atoms with van der Waals surface area (Å²) in [5.74, 6) is -0.171. The van der Waals surface area contributed by atoms with Gasteiger partial charge < -0.3 is 19.9 Å². The van der Waals surface area contributed by atoms with Gasteiger partial charge in [0.05, 0.1) is 11.5 Å². The van der Waals surface area contributed by atoms with E-state index in [2.05, 4.69) is 5.32 Å². The van der Waals surface area contributed by atoms with E-state index in [4.69, 9.17) is 14.6 Å². The van der Waals surface area contributed by atoms with Crippen LogP contribution in [0.3, 0.4) is 0 Å². The number of benzene rings is 1. The van der Waals surface area contributed by atoms with Crippen LogP contribution in [0.15, 0.2) is 12.1 Å². The molecule has 1 saturated heterocycles. The van der Waals surface area contributed by atoms with Crippen molar-refractivity contribution in [2.24, 2.45) is 5.92 Å². The second kappa shape index (κ2) is 5.13. The second-order valence-corrected chi connectivity index (χ2v) is 4.95. The van der Waals surface area contributed by atoms with Crippen LogP contribution in [-0.2, 0) is 4.79 Å². The molecule has 6 nitrogen and oxygen atoms in total. The average Bonchev–Trinajstić information content (AvgIpc) is 2.96. The fourth-order valence-corrected chi connectivity index (χ4v) is 2.71. The topological polar surface area (TPSA) is 84.9 Å². The summed E-state index contributed by atoms with van der Waals surface area (Å²) in [6.45, 7) is 1.27. The van der Waals surface area contributed by atoms with Gasteiger partial charge in [-0.3, -0.25) is 9.59 Å². The predicted molar refractivity (Wildman–Crippen MR) is 69.3 cm³/mol. The van der Waals surface area contributed by atoms with Gasteiger partial charge in [-0.1, -0.05) is 6.07 Å². The zero-order valence-corrected chi connectivity index (χ0v) is 10.8. The number of rotatable bonds is 3. The van der Waals surface area contributed by atoms with Gasteiger partial charge in [-0.05, 0) is 12.5 Å². The van der Waals surface area contributed by atoms with E-state index in [0.717, 1.165) is 11.8 Å². The van der Waals surface area contributed by atoms with Crippen molar-refractivity contribution in [3.63, 3.8) is 0 Å². The standard InChI is InChI=1S/C14H15NO5/c16-7-8-1-2-10(13-12(8)19-3-4-20-13)11-5-9(6-15-11)14(17)18/h1-2,7,9,11,15H,3-6H2,(H,17,18). The smallest absolute Gasteiger partial charge is 0.307 e. The van der Waals surface area contributed by atoms with E-state index in [1.165, 1.54) is 0 Å². The quantitative estimate of drug-likeness (QED) is 0.802. The third-order valence-corrected chi connectivity index (χ3v) is 3.73. The highest BCUT2D eigenvalue weighted by molar-refractivity contribution is 5.82. The van der Waals surface area contributed by atoms with Gasteiger partial charge in [0.25, 0.3) is 0 Å². The Morgan fingerprint density at radius 3 is 2.70 bits per heavy atom. The van der Waals surface area contributed by atoms with E-state index >= 15 is 0 Å². The number of nitrogens with one attached hydrogen (secondary N) is 1. The minimum Gasteiger partial charge on any atom is -0.486 e. The lowest BCUT2D eigenvalue weighted by Crippen LogP contribution is -2.21. The summed E-state index contributed by atoms with van der Waals surface area (Å²) in [6.07, 6.45) is 1.24. The molecule has 0 bridgehead atoms. The molecule has 0 radical (unpaired) electrons. The average molecular weight is 277 g/mol. The molecule has 0 spiro atoms. The van der Waals surface area contributed by atoms with Crippen LogP contribution in [-0.4, -0.2) is 37.1 Å². The number of ether oxygens (including phenoxy) is 2. The molecule has 106 valence electrons. The molecule has 2 heterocycles. The Morgan fingerprint density at radius 2 is 2.05 bits per heavy atom. The van der Waals surface area contributed by atoms with Crippen molar-refractivity contribution in [3.05, 3.63) is 23.3 Å². The van der Waals surface area contributed by atoms with Crippen molar-refractivity contribution in [2.45, 2.75) is 12.5 Å². The Labute approximate surface area is 115 Å². The van der Waals surface area contributed by atoms with Crippen LogP contribution in [0.4, 0.5) is 0 Å². The number of carboxylic acid groups (broad SMARTS) is 1. The van der Waals surface area contributed by atoms with Crippen LogP contribution in [0, 0.1) is 5.92 Å². The maximum atomic E-state index is 11.0. The molecule has 20 heavy (non-hydrogen) atoms.